The zero-order valence-electron chi connectivity index (χ0n) is 12.3. The molecule has 0 aliphatic carbocycles. The number of nitrogens with zero attached hydrogens (tertiary/aromatic N) is 2. The van der Waals surface area contributed by atoms with Crippen LogP contribution >= 0.6 is 0 Å². The molecule has 0 radical (unpaired) electrons. The monoisotopic (exact) mass is 292 g/mol. The number of carboxylic acids is 1. The van der Waals surface area contributed by atoms with Crippen molar-refractivity contribution in [2.24, 2.45) is 5.92 Å². The fourth-order valence-corrected chi connectivity index (χ4v) is 2.58. The van der Waals surface area contributed by atoms with Gasteiger partial charge in [0, 0.05) is 18.9 Å². The van der Waals surface area contributed by atoms with E-state index < -0.39 is 17.9 Å². The number of carboxylic acid groups (broad SMARTS) is 1. The van der Waals surface area contributed by atoms with Gasteiger partial charge in [-0.2, -0.15) is 0 Å². The van der Waals surface area contributed by atoms with Crippen LogP contribution in [-0.4, -0.2) is 52.7 Å². The highest BCUT2D eigenvalue weighted by atomic mass is 16.5. The average molecular weight is 292 g/mol. The van der Waals surface area contributed by atoms with E-state index in [9.17, 15) is 14.7 Å². The largest absolute Gasteiger partial charge is 0.481 e. The topological polar surface area (TPSA) is 79.7 Å². The first-order valence-electron chi connectivity index (χ1n) is 7.07. The van der Waals surface area contributed by atoms with Crippen LogP contribution < -0.4 is 0 Å². The molecule has 6 heteroatoms. The normalized spacial score (nSPS) is 21.2. The second-order valence-corrected chi connectivity index (χ2v) is 5.30. The van der Waals surface area contributed by atoms with Gasteiger partial charge in [0.05, 0.1) is 24.8 Å². The van der Waals surface area contributed by atoms with Gasteiger partial charge in [-0.15, -0.1) is 0 Å². The molecule has 21 heavy (non-hydrogen) atoms. The van der Waals surface area contributed by atoms with Crippen molar-refractivity contribution >= 4 is 11.9 Å². The number of ether oxygens (including phenoxy) is 1. The van der Waals surface area contributed by atoms with Gasteiger partial charge in [0.1, 0.15) is 5.92 Å². The third-order valence-corrected chi connectivity index (χ3v) is 3.62. The molecular weight excluding hydrogens is 272 g/mol. The van der Waals surface area contributed by atoms with Gasteiger partial charge < -0.3 is 14.7 Å². The first-order valence-corrected chi connectivity index (χ1v) is 7.07. The summed E-state index contributed by atoms with van der Waals surface area (Å²) in [5, 5.41) is 9.27. The van der Waals surface area contributed by atoms with Crippen molar-refractivity contribution in [1.82, 2.24) is 9.88 Å². The molecule has 1 N–H and O–H groups in total. The van der Waals surface area contributed by atoms with Crippen LogP contribution in [0.25, 0.3) is 0 Å². The number of pyridine rings is 1. The summed E-state index contributed by atoms with van der Waals surface area (Å²) in [6, 6.07) is 1.35. The van der Waals surface area contributed by atoms with Gasteiger partial charge in [-0.3, -0.25) is 14.6 Å². The molecule has 1 aromatic heterocycles. The Hall–Kier alpha value is -1.95. The van der Waals surface area contributed by atoms with E-state index in [1.165, 1.54) is 6.20 Å². The minimum Gasteiger partial charge on any atom is -0.481 e. The summed E-state index contributed by atoms with van der Waals surface area (Å²) in [5.41, 5.74) is 1.38. The summed E-state index contributed by atoms with van der Waals surface area (Å²) in [4.78, 5) is 29.6. The SMILES string of the molecule is CCCN(C(=O)c1cncc(C)c1)C1COCC1C(=O)O. The zero-order chi connectivity index (χ0) is 15.4. The predicted molar refractivity (Wildman–Crippen MR) is 76.0 cm³/mol. The van der Waals surface area contributed by atoms with Crippen LogP contribution in [0, 0.1) is 12.8 Å². The molecule has 0 saturated carbocycles. The van der Waals surface area contributed by atoms with E-state index in [0.717, 1.165) is 12.0 Å². The Morgan fingerprint density at radius 2 is 2.19 bits per heavy atom. The quantitative estimate of drug-likeness (QED) is 0.886. The van der Waals surface area contributed by atoms with Crippen LogP contribution in [0.2, 0.25) is 0 Å². The van der Waals surface area contributed by atoms with Gasteiger partial charge in [-0.25, -0.2) is 0 Å². The minimum absolute atomic E-state index is 0.152. The molecule has 2 heterocycles. The number of carbonyl (C=O) groups excluding carboxylic acids is 1. The number of aromatic nitrogens is 1. The van der Waals surface area contributed by atoms with Crippen molar-refractivity contribution < 1.29 is 19.4 Å². The van der Waals surface area contributed by atoms with E-state index in [2.05, 4.69) is 4.98 Å². The molecule has 0 spiro atoms. The van der Waals surface area contributed by atoms with Gasteiger partial charge in [0.15, 0.2) is 0 Å². The molecule has 114 valence electrons. The van der Waals surface area contributed by atoms with Gasteiger partial charge in [-0.1, -0.05) is 6.92 Å². The van der Waals surface area contributed by atoms with Crippen molar-refractivity contribution in [3.05, 3.63) is 29.6 Å². The second-order valence-electron chi connectivity index (χ2n) is 5.30. The maximum absolute atomic E-state index is 12.7. The van der Waals surface area contributed by atoms with E-state index in [0.29, 0.717) is 12.1 Å². The molecule has 1 fully saturated rings. The number of hydrogen-bond acceptors (Lipinski definition) is 4. The highest BCUT2D eigenvalue weighted by molar-refractivity contribution is 5.94. The van der Waals surface area contributed by atoms with Crippen LogP contribution in [0.4, 0.5) is 0 Å². The maximum atomic E-state index is 12.7. The Morgan fingerprint density at radius 1 is 1.43 bits per heavy atom. The first-order chi connectivity index (χ1) is 10.0. The lowest BCUT2D eigenvalue weighted by molar-refractivity contribution is -0.142. The minimum atomic E-state index is -0.922. The Balaban J connectivity index is 2.26. The summed E-state index contributed by atoms with van der Waals surface area (Å²) in [7, 11) is 0. The molecule has 0 bridgehead atoms. The van der Waals surface area contributed by atoms with Crippen LogP contribution in [0.1, 0.15) is 29.3 Å². The van der Waals surface area contributed by atoms with E-state index in [1.807, 2.05) is 13.8 Å². The first kappa shape index (κ1) is 15.4. The molecule has 2 unspecified atom stereocenters. The Morgan fingerprint density at radius 3 is 2.81 bits per heavy atom. The van der Waals surface area contributed by atoms with Crippen LogP contribution in [0.5, 0.6) is 0 Å². The van der Waals surface area contributed by atoms with Crippen LogP contribution in [-0.2, 0) is 9.53 Å². The Kier molecular flexibility index (Phi) is 4.90. The van der Waals surface area contributed by atoms with Gasteiger partial charge in [-0.05, 0) is 25.0 Å². The van der Waals surface area contributed by atoms with Crippen molar-refractivity contribution in [2.75, 3.05) is 19.8 Å². The van der Waals surface area contributed by atoms with E-state index in [4.69, 9.17) is 4.74 Å². The number of hydrogen-bond donors (Lipinski definition) is 1. The maximum Gasteiger partial charge on any atom is 0.311 e. The summed E-state index contributed by atoms with van der Waals surface area (Å²) in [5.74, 6) is -1.78. The highest BCUT2D eigenvalue weighted by Crippen LogP contribution is 2.22. The number of rotatable bonds is 5. The lowest BCUT2D eigenvalue weighted by atomic mass is 10.0. The molecule has 1 aromatic rings. The van der Waals surface area contributed by atoms with Crippen molar-refractivity contribution in [3.63, 3.8) is 0 Å². The summed E-state index contributed by atoms with van der Waals surface area (Å²) in [6.45, 7) is 4.75. The summed E-state index contributed by atoms with van der Waals surface area (Å²) >= 11 is 0. The van der Waals surface area contributed by atoms with Crippen molar-refractivity contribution in [1.29, 1.82) is 0 Å². The average Bonchev–Trinajstić information content (AvgIpc) is 2.93. The third-order valence-electron chi connectivity index (χ3n) is 3.62. The van der Waals surface area contributed by atoms with Crippen molar-refractivity contribution in [2.45, 2.75) is 26.3 Å². The second kappa shape index (κ2) is 6.67. The lowest BCUT2D eigenvalue weighted by Gasteiger charge is -2.30. The molecule has 1 saturated heterocycles. The van der Waals surface area contributed by atoms with E-state index in [-0.39, 0.29) is 19.1 Å². The summed E-state index contributed by atoms with van der Waals surface area (Å²) < 4.78 is 5.28. The number of carbonyl (C=O) groups is 2. The standard InChI is InChI=1S/C15H20N2O4/c1-3-4-17(13-9-21-8-12(13)15(19)20)14(18)11-5-10(2)6-16-7-11/h5-7,12-13H,3-4,8-9H2,1-2H3,(H,19,20). The molecule has 1 aliphatic heterocycles. The molecule has 1 aliphatic rings. The molecular formula is C15H20N2O4. The van der Waals surface area contributed by atoms with E-state index >= 15 is 0 Å². The lowest BCUT2D eigenvalue weighted by Crippen LogP contribution is -2.47. The summed E-state index contributed by atoms with van der Waals surface area (Å²) in [6.07, 6.45) is 3.96. The molecule has 2 rings (SSSR count). The molecule has 0 aromatic carbocycles. The third kappa shape index (κ3) is 3.39. The van der Waals surface area contributed by atoms with Crippen LogP contribution in [0.15, 0.2) is 18.5 Å². The van der Waals surface area contributed by atoms with Crippen molar-refractivity contribution in [3.8, 4) is 0 Å². The van der Waals surface area contributed by atoms with Gasteiger partial charge in [0.25, 0.3) is 5.91 Å². The highest BCUT2D eigenvalue weighted by Gasteiger charge is 2.40. The molecule has 6 nitrogen and oxygen atoms in total. The number of aryl methyl sites for hydroxylation is 1. The fraction of sp³-hybridized carbons (Fsp3) is 0.533. The Labute approximate surface area is 123 Å². The zero-order valence-corrected chi connectivity index (χ0v) is 12.3. The predicted octanol–water partition coefficient (Wildman–Crippen LogP) is 1.34. The molecule has 1 amide bonds. The fourth-order valence-electron chi connectivity index (χ4n) is 2.58. The van der Waals surface area contributed by atoms with E-state index in [1.54, 1.807) is 17.2 Å². The number of amides is 1. The Bertz CT molecular complexity index is 532. The van der Waals surface area contributed by atoms with Gasteiger partial charge >= 0.3 is 5.97 Å². The number of aliphatic carboxylic acids is 1. The van der Waals surface area contributed by atoms with Gasteiger partial charge in [0.2, 0.25) is 0 Å². The molecule has 2 atom stereocenters. The smallest absolute Gasteiger partial charge is 0.311 e. The van der Waals surface area contributed by atoms with Crippen LogP contribution in [0.3, 0.4) is 0 Å².